The van der Waals surface area contributed by atoms with Gasteiger partial charge in [0.25, 0.3) is 5.91 Å². The van der Waals surface area contributed by atoms with Crippen molar-refractivity contribution in [2.75, 3.05) is 19.0 Å². The molecule has 0 unspecified atom stereocenters. The third-order valence-electron chi connectivity index (χ3n) is 4.36. The minimum Gasteiger partial charge on any atom is -0.497 e. The predicted molar refractivity (Wildman–Crippen MR) is 103 cm³/mol. The number of anilines is 1. The highest BCUT2D eigenvalue weighted by Gasteiger charge is 2.50. The van der Waals surface area contributed by atoms with Crippen LogP contribution in [0.4, 0.5) is 10.5 Å². The molecule has 1 aliphatic rings. The highest BCUT2D eigenvalue weighted by molar-refractivity contribution is 9.10. The van der Waals surface area contributed by atoms with Crippen molar-refractivity contribution < 1.29 is 19.1 Å². The Balaban J connectivity index is 1.73. The molecular formula is C19H18BrN3O4. The van der Waals surface area contributed by atoms with Gasteiger partial charge in [-0.1, -0.05) is 34.1 Å². The number of hydrogen-bond donors (Lipinski definition) is 2. The van der Waals surface area contributed by atoms with Crippen molar-refractivity contribution in [2.45, 2.75) is 12.5 Å². The van der Waals surface area contributed by atoms with Crippen LogP contribution in [-0.4, -0.2) is 36.4 Å². The first-order valence-electron chi connectivity index (χ1n) is 8.18. The average Bonchev–Trinajstić information content (AvgIpc) is 2.86. The largest absolute Gasteiger partial charge is 0.497 e. The first kappa shape index (κ1) is 18.9. The summed E-state index contributed by atoms with van der Waals surface area (Å²) in [5, 5.41) is 5.34. The molecule has 0 aliphatic carbocycles. The van der Waals surface area contributed by atoms with Crippen LogP contribution in [0.5, 0.6) is 5.75 Å². The van der Waals surface area contributed by atoms with Crippen LogP contribution < -0.4 is 15.4 Å². The number of nitrogens with one attached hydrogen (secondary N) is 2. The van der Waals surface area contributed by atoms with E-state index >= 15 is 0 Å². The predicted octanol–water partition coefficient (Wildman–Crippen LogP) is 2.86. The van der Waals surface area contributed by atoms with Gasteiger partial charge in [0.15, 0.2) is 0 Å². The maximum atomic E-state index is 12.9. The number of imide groups is 1. The van der Waals surface area contributed by atoms with Crippen molar-refractivity contribution in [3.8, 4) is 5.75 Å². The molecule has 8 heteroatoms. The molecule has 1 heterocycles. The summed E-state index contributed by atoms with van der Waals surface area (Å²) < 4.78 is 5.76. The number of carbonyl (C=O) groups is 3. The van der Waals surface area contributed by atoms with Crippen LogP contribution in [0.15, 0.2) is 53.0 Å². The van der Waals surface area contributed by atoms with E-state index in [1.165, 1.54) is 0 Å². The number of ether oxygens (including phenoxy) is 1. The summed E-state index contributed by atoms with van der Waals surface area (Å²) in [4.78, 5) is 38.4. The maximum Gasteiger partial charge on any atom is 0.325 e. The first-order valence-corrected chi connectivity index (χ1v) is 8.97. The highest BCUT2D eigenvalue weighted by atomic mass is 79.9. The molecule has 4 amide bonds. The van der Waals surface area contributed by atoms with Crippen LogP contribution in [0, 0.1) is 0 Å². The van der Waals surface area contributed by atoms with E-state index in [0.29, 0.717) is 21.5 Å². The molecule has 2 N–H and O–H groups in total. The van der Waals surface area contributed by atoms with Crippen molar-refractivity contribution in [3.05, 3.63) is 58.6 Å². The molecule has 27 heavy (non-hydrogen) atoms. The molecule has 1 fully saturated rings. The van der Waals surface area contributed by atoms with Crippen LogP contribution in [0.2, 0.25) is 0 Å². The molecule has 1 saturated heterocycles. The Bertz CT molecular complexity index is 900. The number of methoxy groups -OCH3 is 1. The van der Waals surface area contributed by atoms with Crippen LogP contribution in [-0.2, 0) is 15.1 Å². The van der Waals surface area contributed by atoms with Gasteiger partial charge in [0.1, 0.15) is 17.8 Å². The van der Waals surface area contributed by atoms with Crippen molar-refractivity contribution >= 4 is 39.5 Å². The third-order valence-corrected chi connectivity index (χ3v) is 5.05. The number of benzene rings is 2. The van der Waals surface area contributed by atoms with Gasteiger partial charge in [-0.2, -0.15) is 0 Å². The lowest BCUT2D eigenvalue weighted by Gasteiger charge is -2.23. The van der Waals surface area contributed by atoms with Gasteiger partial charge in [-0.3, -0.25) is 14.5 Å². The molecule has 3 rings (SSSR count). The number of urea groups is 1. The molecule has 7 nitrogen and oxygen atoms in total. The SMILES string of the molecule is COc1ccc(NC(=O)CN2C(=O)N[C@@](C)(c3ccccc3Br)C2=O)cc1. The van der Waals surface area contributed by atoms with Gasteiger partial charge in [-0.05, 0) is 37.3 Å². The zero-order valence-electron chi connectivity index (χ0n) is 14.8. The lowest BCUT2D eigenvalue weighted by Crippen LogP contribution is -2.42. The molecule has 0 aromatic heterocycles. The van der Waals surface area contributed by atoms with E-state index in [1.807, 2.05) is 6.07 Å². The van der Waals surface area contributed by atoms with Crippen LogP contribution in [0.25, 0.3) is 0 Å². The maximum absolute atomic E-state index is 12.9. The standard InChI is InChI=1S/C19H18BrN3O4/c1-19(14-5-3-4-6-15(14)20)17(25)23(18(26)22-19)11-16(24)21-12-7-9-13(27-2)10-8-12/h3-10H,11H2,1-2H3,(H,21,24)(H,22,26)/t19-/m0/s1. The van der Waals surface area contributed by atoms with Crippen molar-refractivity contribution in [3.63, 3.8) is 0 Å². The van der Waals surface area contributed by atoms with E-state index in [-0.39, 0.29) is 6.54 Å². The topological polar surface area (TPSA) is 87.7 Å². The zero-order chi connectivity index (χ0) is 19.6. The number of nitrogens with zero attached hydrogens (tertiary/aromatic N) is 1. The molecule has 0 spiro atoms. The normalized spacial score (nSPS) is 19.0. The zero-order valence-corrected chi connectivity index (χ0v) is 16.4. The number of halogens is 1. The van der Waals surface area contributed by atoms with Crippen molar-refractivity contribution in [1.29, 1.82) is 0 Å². The molecule has 1 aliphatic heterocycles. The van der Waals surface area contributed by atoms with E-state index in [1.54, 1.807) is 56.5 Å². The summed E-state index contributed by atoms with van der Waals surface area (Å²) >= 11 is 3.40. The lowest BCUT2D eigenvalue weighted by atomic mass is 9.92. The average molecular weight is 432 g/mol. The molecule has 1 atom stereocenters. The highest BCUT2D eigenvalue weighted by Crippen LogP contribution is 2.33. The molecule has 0 saturated carbocycles. The van der Waals surface area contributed by atoms with Crippen LogP contribution >= 0.6 is 15.9 Å². The summed E-state index contributed by atoms with van der Waals surface area (Å²) in [6.07, 6.45) is 0. The summed E-state index contributed by atoms with van der Waals surface area (Å²) in [5.74, 6) is -0.296. The molecule has 0 bridgehead atoms. The number of hydrogen-bond acceptors (Lipinski definition) is 4. The second-order valence-electron chi connectivity index (χ2n) is 6.20. The molecule has 2 aromatic rings. The smallest absolute Gasteiger partial charge is 0.325 e. The van der Waals surface area contributed by atoms with Gasteiger partial charge >= 0.3 is 6.03 Å². The summed E-state index contributed by atoms with van der Waals surface area (Å²) in [7, 11) is 1.55. The minimum absolute atomic E-state index is 0.378. The fraction of sp³-hybridized carbons (Fsp3) is 0.211. The Kier molecular flexibility index (Phi) is 5.18. The minimum atomic E-state index is -1.24. The van der Waals surface area contributed by atoms with E-state index in [0.717, 1.165) is 4.90 Å². The second kappa shape index (κ2) is 7.40. The summed E-state index contributed by atoms with van der Waals surface area (Å²) in [6, 6.07) is 13.3. The summed E-state index contributed by atoms with van der Waals surface area (Å²) in [5.41, 5.74) is -0.0692. The Morgan fingerprint density at radius 3 is 2.48 bits per heavy atom. The van der Waals surface area contributed by atoms with E-state index in [9.17, 15) is 14.4 Å². The first-order chi connectivity index (χ1) is 12.8. The summed E-state index contributed by atoms with van der Waals surface area (Å²) in [6.45, 7) is 1.24. The van der Waals surface area contributed by atoms with Gasteiger partial charge in [-0.25, -0.2) is 4.79 Å². The van der Waals surface area contributed by atoms with Gasteiger partial charge in [0.2, 0.25) is 5.91 Å². The van der Waals surface area contributed by atoms with E-state index in [2.05, 4.69) is 26.6 Å². The number of amides is 4. The quantitative estimate of drug-likeness (QED) is 0.712. The third kappa shape index (κ3) is 3.66. The van der Waals surface area contributed by atoms with Gasteiger partial charge in [-0.15, -0.1) is 0 Å². The second-order valence-corrected chi connectivity index (χ2v) is 7.06. The molecule has 140 valence electrons. The van der Waals surface area contributed by atoms with Crippen LogP contribution in [0.1, 0.15) is 12.5 Å². The van der Waals surface area contributed by atoms with Crippen molar-refractivity contribution in [2.24, 2.45) is 0 Å². The Morgan fingerprint density at radius 1 is 1.19 bits per heavy atom. The van der Waals surface area contributed by atoms with Crippen LogP contribution in [0.3, 0.4) is 0 Å². The Morgan fingerprint density at radius 2 is 1.85 bits per heavy atom. The number of rotatable bonds is 5. The molecular weight excluding hydrogens is 414 g/mol. The fourth-order valence-corrected chi connectivity index (χ4v) is 3.59. The Labute approximate surface area is 164 Å². The fourth-order valence-electron chi connectivity index (χ4n) is 2.91. The van der Waals surface area contributed by atoms with E-state index in [4.69, 9.17) is 4.74 Å². The van der Waals surface area contributed by atoms with E-state index < -0.39 is 23.4 Å². The molecule has 0 radical (unpaired) electrons. The monoisotopic (exact) mass is 431 g/mol. The molecule has 2 aromatic carbocycles. The van der Waals surface area contributed by atoms with Crippen molar-refractivity contribution in [1.82, 2.24) is 10.2 Å². The van der Waals surface area contributed by atoms with Gasteiger partial charge < -0.3 is 15.4 Å². The van der Waals surface area contributed by atoms with Gasteiger partial charge in [0.05, 0.1) is 7.11 Å². The number of carbonyl (C=O) groups excluding carboxylic acids is 3. The van der Waals surface area contributed by atoms with Gasteiger partial charge in [0, 0.05) is 15.7 Å². The Hall–Kier alpha value is -2.87. The lowest BCUT2D eigenvalue weighted by molar-refractivity contribution is -0.133.